The minimum atomic E-state index is -0.492. The second-order valence-corrected chi connectivity index (χ2v) is 7.40. The van der Waals surface area contributed by atoms with Gasteiger partial charge < -0.3 is 4.74 Å². The van der Waals surface area contributed by atoms with E-state index in [0.29, 0.717) is 5.75 Å². The van der Waals surface area contributed by atoms with E-state index in [0.717, 1.165) is 12.3 Å². The summed E-state index contributed by atoms with van der Waals surface area (Å²) in [5.74, 6) is 0.677. The average molecular weight is 347 g/mol. The molecule has 0 spiro atoms. The van der Waals surface area contributed by atoms with Crippen LogP contribution in [0, 0.1) is 5.92 Å². The molecule has 140 valence electrons. The standard InChI is InChI=1S/C22H34O3/c1-18(2)11-9-7-5-4-6-8-10-12-20-13-15-21(16-14-20)25-22(24)17-19(3)23/h13-16,18H,4-12,17H2,1-3H3. The molecule has 0 unspecified atom stereocenters. The molecule has 3 nitrogen and oxygen atoms in total. The number of Topliss-reactive ketones (excluding diaryl/α,β-unsaturated/α-hetero) is 1. The van der Waals surface area contributed by atoms with Crippen LogP contribution in [0.15, 0.2) is 24.3 Å². The van der Waals surface area contributed by atoms with Crippen LogP contribution in [0.5, 0.6) is 5.75 Å². The summed E-state index contributed by atoms with van der Waals surface area (Å²) >= 11 is 0. The van der Waals surface area contributed by atoms with Crippen molar-refractivity contribution in [2.75, 3.05) is 0 Å². The molecule has 1 aromatic rings. The minimum absolute atomic E-state index is 0.167. The number of esters is 1. The van der Waals surface area contributed by atoms with Gasteiger partial charge in [-0.05, 0) is 43.4 Å². The maximum Gasteiger partial charge on any atom is 0.318 e. The van der Waals surface area contributed by atoms with Crippen molar-refractivity contribution in [3.8, 4) is 5.75 Å². The van der Waals surface area contributed by atoms with E-state index in [1.807, 2.05) is 24.3 Å². The largest absolute Gasteiger partial charge is 0.426 e. The number of hydrogen-bond donors (Lipinski definition) is 0. The molecule has 0 bridgehead atoms. The second kappa shape index (κ2) is 12.7. The number of unbranched alkanes of at least 4 members (excludes halogenated alkanes) is 6. The third-order valence-corrected chi connectivity index (χ3v) is 4.30. The third-order valence-electron chi connectivity index (χ3n) is 4.30. The molecule has 0 radical (unpaired) electrons. The van der Waals surface area contributed by atoms with Crippen molar-refractivity contribution < 1.29 is 14.3 Å². The molecule has 0 aromatic heterocycles. The summed E-state index contributed by atoms with van der Waals surface area (Å²) in [6.07, 6.45) is 11.5. The van der Waals surface area contributed by atoms with Crippen LogP contribution in [0.2, 0.25) is 0 Å². The van der Waals surface area contributed by atoms with Gasteiger partial charge in [0.15, 0.2) is 0 Å². The first-order valence-corrected chi connectivity index (χ1v) is 9.76. The Hall–Kier alpha value is -1.64. The number of ether oxygens (including phenoxy) is 1. The van der Waals surface area contributed by atoms with Crippen LogP contribution in [0.25, 0.3) is 0 Å². The number of carbonyl (C=O) groups excluding carboxylic acids is 2. The van der Waals surface area contributed by atoms with E-state index < -0.39 is 5.97 Å². The van der Waals surface area contributed by atoms with Gasteiger partial charge >= 0.3 is 5.97 Å². The van der Waals surface area contributed by atoms with Crippen LogP contribution in [0.3, 0.4) is 0 Å². The van der Waals surface area contributed by atoms with Gasteiger partial charge in [0.2, 0.25) is 0 Å². The van der Waals surface area contributed by atoms with Crippen LogP contribution >= 0.6 is 0 Å². The highest BCUT2D eigenvalue weighted by Crippen LogP contribution is 2.16. The molecule has 25 heavy (non-hydrogen) atoms. The van der Waals surface area contributed by atoms with E-state index >= 15 is 0 Å². The zero-order chi connectivity index (χ0) is 18.5. The minimum Gasteiger partial charge on any atom is -0.426 e. The van der Waals surface area contributed by atoms with E-state index in [9.17, 15) is 9.59 Å². The molecule has 0 aliphatic carbocycles. The predicted octanol–water partition coefficient (Wildman–Crippen LogP) is 5.89. The highest BCUT2D eigenvalue weighted by molar-refractivity contribution is 5.94. The van der Waals surface area contributed by atoms with E-state index in [2.05, 4.69) is 13.8 Å². The summed E-state index contributed by atoms with van der Waals surface area (Å²) in [6, 6.07) is 7.62. The van der Waals surface area contributed by atoms with E-state index in [1.165, 1.54) is 63.9 Å². The SMILES string of the molecule is CC(=O)CC(=O)Oc1ccc(CCCCCCCCCC(C)C)cc1. The van der Waals surface area contributed by atoms with Gasteiger partial charge in [0, 0.05) is 0 Å². The van der Waals surface area contributed by atoms with Gasteiger partial charge in [-0.2, -0.15) is 0 Å². The van der Waals surface area contributed by atoms with E-state index in [-0.39, 0.29) is 12.2 Å². The molecule has 0 saturated heterocycles. The summed E-state index contributed by atoms with van der Waals surface area (Å²) in [6.45, 7) is 5.97. The summed E-state index contributed by atoms with van der Waals surface area (Å²) in [4.78, 5) is 22.3. The van der Waals surface area contributed by atoms with Gasteiger partial charge in [-0.15, -0.1) is 0 Å². The Morgan fingerprint density at radius 2 is 1.44 bits per heavy atom. The molecular formula is C22H34O3. The summed E-state index contributed by atoms with van der Waals surface area (Å²) in [7, 11) is 0. The normalized spacial score (nSPS) is 10.9. The van der Waals surface area contributed by atoms with Crippen molar-refractivity contribution in [3.63, 3.8) is 0 Å². The van der Waals surface area contributed by atoms with Crippen molar-refractivity contribution in [2.45, 2.75) is 85.0 Å². The maximum absolute atomic E-state index is 11.4. The number of hydrogen-bond acceptors (Lipinski definition) is 3. The highest BCUT2D eigenvalue weighted by Gasteiger charge is 2.07. The summed E-state index contributed by atoms with van der Waals surface area (Å²) in [5, 5.41) is 0. The van der Waals surface area contributed by atoms with Gasteiger partial charge in [0.25, 0.3) is 0 Å². The lowest BCUT2D eigenvalue weighted by atomic mass is 10.0. The second-order valence-electron chi connectivity index (χ2n) is 7.40. The van der Waals surface area contributed by atoms with Crippen molar-refractivity contribution in [3.05, 3.63) is 29.8 Å². The van der Waals surface area contributed by atoms with Gasteiger partial charge in [0.05, 0.1) is 0 Å². The Morgan fingerprint density at radius 3 is 2.00 bits per heavy atom. The first-order valence-electron chi connectivity index (χ1n) is 9.76. The quantitative estimate of drug-likeness (QED) is 0.193. The number of aryl methyl sites for hydroxylation is 1. The van der Waals surface area contributed by atoms with Crippen LogP contribution in [0.1, 0.15) is 84.1 Å². The first-order chi connectivity index (χ1) is 12.0. The monoisotopic (exact) mass is 346 g/mol. The van der Waals surface area contributed by atoms with E-state index in [1.54, 1.807) is 0 Å². The predicted molar refractivity (Wildman–Crippen MR) is 103 cm³/mol. The lowest BCUT2D eigenvalue weighted by Gasteiger charge is -2.06. The fourth-order valence-corrected chi connectivity index (χ4v) is 2.86. The molecule has 3 heteroatoms. The van der Waals surface area contributed by atoms with Gasteiger partial charge in [0.1, 0.15) is 18.0 Å². The van der Waals surface area contributed by atoms with Crippen molar-refractivity contribution in [1.29, 1.82) is 0 Å². The molecule has 0 fully saturated rings. The Bertz CT molecular complexity index is 503. The Balaban J connectivity index is 2.09. The molecule has 0 saturated carbocycles. The van der Waals surface area contributed by atoms with Gasteiger partial charge in [-0.1, -0.05) is 70.9 Å². The number of carbonyl (C=O) groups is 2. The zero-order valence-electron chi connectivity index (χ0n) is 16.2. The number of ketones is 1. The van der Waals surface area contributed by atoms with Crippen molar-refractivity contribution in [1.82, 2.24) is 0 Å². The molecular weight excluding hydrogens is 312 g/mol. The van der Waals surface area contributed by atoms with Gasteiger partial charge in [-0.25, -0.2) is 0 Å². The van der Waals surface area contributed by atoms with Crippen LogP contribution in [0.4, 0.5) is 0 Å². The smallest absolute Gasteiger partial charge is 0.318 e. The van der Waals surface area contributed by atoms with Crippen LogP contribution in [-0.4, -0.2) is 11.8 Å². The molecule has 0 heterocycles. The zero-order valence-corrected chi connectivity index (χ0v) is 16.2. The topological polar surface area (TPSA) is 43.4 Å². The fourth-order valence-electron chi connectivity index (χ4n) is 2.86. The molecule has 0 atom stereocenters. The van der Waals surface area contributed by atoms with Crippen LogP contribution in [-0.2, 0) is 16.0 Å². The Labute approximate surface area is 153 Å². The fraction of sp³-hybridized carbons (Fsp3) is 0.636. The Kier molecular flexibility index (Phi) is 10.9. The van der Waals surface area contributed by atoms with Gasteiger partial charge in [-0.3, -0.25) is 9.59 Å². The molecule has 0 amide bonds. The van der Waals surface area contributed by atoms with Crippen LogP contribution < -0.4 is 4.74 Å². The Morgan fingerprint density at radius 1 is 0.880 bits per heavy atom. The maximum atomic E-state index is 11.4. The highest BCUT2D eigenvalue weighted by atomic mass is 16.5. The first kappa shape index (κ1) is 21.4. The van der Waals surface area contributed by atoms with Crippen molar-refractivity contribution >= 4 is 11.8 Å². The molecule has 0 aliphatic heterocycles. The lowest BCUT2D eigenvalue weighted by Crippen LogP contribution is -2.11. The summed E-state index contributed by atoms with van der Waals surface area (Å²) < 4.78 is 5.12. The number of rotatable bonds is 13. The molecule has 1 rings (SSSR count). The lowest BCUT2D eigenvalue weighted by molar-refractivity contribution is -0.137. The summed E-state index contributed by atoms with van der Waals surface area (Å²) in [5.41, 5.74) is 1.27. The number of benzene rings is 1. The van der Waals surface area contributed by atoms with E-state index in [4.69, 9.17) is 4.74 Å². The average Bonchev–Trinajstić information content (AvgIpc) is 2.53. The molecule has 1 aromatic carbocycles. The van der Waals surface area contributed by atoms with Crippen molar-refractivity contribution in [2.24, 2.45) is 5.92 Å². The molecule has 0 aliphatic rings. The third kappa shape index (κ3) is 11.5. The molecule has 0 N–H and O–H groups in total.